The lowest BCUT2D eigenvalue weighted by molar-refractivity contribution is 0.493. The van der Waals surface area contributed by atoms with Crippen molar-refractivity contribution in [3.8, 4) is 0 Å². The van der Waals surface area contributed by atoms with Crippen molar-refractivity contribution in [1.82, 2.24) is 20.8 Å². The van der Waals surface area contributed by atoms with E-state index in [1.165, 1.54) is 5.56 Å². The van der Waals surface area contributed by atoms with Gasteiger partial charge in [-0.05, 0) is 36.1 Å². The Labute approximate surface area is 146 Å². The van der Waals surface area contributed by atoms with Gasteiger partial charge in [-0.15, -0.1) is 0 Å². The molecule has 5 nitrogen and oxygen atoms in total. The molecule has 1 atom stereocenters. The fraction of sp³-hybridized carbons (Fsp3) is 0.412. The van der Waals surface area contributed by atoms with Gasteiger partial charge in [-0.1, -0.05) is 41.4 Å². The van der Waals surface area contributed by atoms with Gasteiger partial charge in [0.1, 0.15) is 0 Å². The van der Waals surface area contributed by atoms with E-state index in [2.05, 4.69) is 72.9 Å². The highest BCUT2D eigenvalue weighted by molar-refractivity contribution is 9.10. The number of aromatic amines is 1. The van der Waals surface area contributed by atoms with Gasteiger partial charge in [0.05, 0.1) is 12.2 Å². The minimum atomic E-state index is 0.565. The molecule has 0 aliphatic heterocycles. The summed E-state index contributed by atoms with van der Waals surface area (Å²) in [7, 11) is 1.79. The zero-order chi connectivity index (χ0) is 16.5. The van der Waals surface area contributed by atoms with E-state index in [9.17, 15) is 0 Å². The molecule has 0 spiro atoms. The van der Waals surface area contributed by atoms with Crippen molar-refractivity contribution in [1.29, 1.82) is 0 Å². The van der Waals surface area contributed by atoms with E-state index in [1.807, 2.05) is 6.07 Å². The first-order chi connectivity index (χ1) is 11.2. The number of hydrogen-bond acceptors (Lipinski definition) is 2. The molecule has 3 N–H and O–H groups in total. The van der Waals surface area contributed by atoms with E-state index < -0.39 is 0 Å². The van der Waals surface area contributed by atoms with Crippen molar-refractivity contribution in [3.63, 3.8) is 0 Å². The average Bonchev–Trinajstić information content (AvgIpc) is 3.07. The third-order valence-electron chi connectivity index (χ3n) is 3.78. The van der Waals surface area contributed by atoms with Crippen molar-refractivity contribution >= 4 is 21.9 Å². The SMILES string of the molecule is CCC(CNC(=NC)NCc1ccn[nH]1)Cc1cccc(Br)c1. The van der Waals surface area contributed by atoms with E-state index in [0.717, 1.165) is 35.5 Å². The predicted octanol–water partition coefficient (Wildman–Crippen LogP) is 3.11. The van der Waals surface area contributed by atoms with Crippen LogP contribution in [0.3, 0.4) is 0 Å². The van der Waals surface area contributed by atoms with Crippen LogP contribution in [-0.2, 0) is 13.0 Å². The van der Waals surface area contributed by atoms with E-state index in [1.54, 1.807) is 13.2 Å². The lowest BCUT2D eigenvalue weighted by Gasteiger charge is -2.18. The van der Waals surface area contributed by atoms with Crippen LogP contribution in [0.15, 0.2) is 46.0 Å². The molecule has 2 aromatic rings. The molecule has 0 amide bonds. The molecule has 23 heavy (non-hydrogen) atoms. The summed E-state index contributed by atoms with van der Waals surface area (Å²) in [6, 6.07) is 10.5. The average molecular weight is 378 g/mol. The Morgan fingerprint density at radius 1 is 1.35 bits per heavy atom. The zero-order valence-corrected chi connectivity index (χ0v) is 15.2. The number of nitrogens with one attached hydrogen (secondary N) is 3. The fourth-order valence-electron chi connectivity index (χ4n) is 2.38. The molecule has 1 aromatic heterocycles. The molecule has 2 rings (SSSR count). The molecule has 0 saturated carbocycles. The number of nitrogens with zero attached hydrogens (tertiary/aromatic N) is 2. The van der Waals surface area contributed by atoms with Gasteiger partial charge in [-0.2, -0.15) is 5.10 Å². The normalized spacial score (nSPS) is 12.9. The Morgan fingerprint density at radius 3 is 2.87 bits per heavy atom. The Balaban J connectivity index is 1.81. The second kappa shape index (κ2) is 9.35. The molecule has 1 heterocycles. The van der Waals surface area contributed by atoms with Crippen LogP contribution in [-0.4, -0.2) is 29.7 Å². The highest BCUT2D eigenvalue weighted by atomic mass is 79.9. The molecule has 0 bridgehead atoms. The van der Waals surface area contributed by atoms with Crippen molar-refractivity contribution in [2.24, 2.45) is 10.9 Å². The first-order valence-corrected chi connectivity index (χ1v) is 8.67. The zero-order valence-electron chi connectivity index (χ0n) is 13.6. The summed E-state index contributed by atoms with van der Waals surface area (Å²) in [5.74, 6) is 1.38. The van der Waals surface area contributed by atoms with E-state index in [-0.39, 0.29) is 0 Å². The number of H-pyrrole nitrogens is 1. The second-order valence-corrected chi connectivity index (χ2v) is 6.41. The number of guanidine groups is 1. The smallest absolute Gasteiger partial charge is 0.191 e. The fourth-order valence-corrected chi connectivity index (χ4v) is 2.83. The summed E-state index contributed by atoms with van der Waals surface area (Å²) in [6.07, 6.45) is 3.93. The number of hydrogen-bond donors (Lipinski definition) is 3. The maximum absolute atomic E-state index is 4.27. The van der Waals surface area contributed by atoms with Gasteiger partial charge in [0.15, 0.2) is 5.96 Å². The van der Waals surface area contributed by atoms with Crippen LogP contribution in [0.4, 0.5) is 0 Å². The summed E-state index contributed by atoms with van der Waals surface area (Å²) in [4.78, 5) is 4.27. The topological polar surface area (TPSA) is 65.1 Å². The Hall–Kier alpha value is -1.82. The molecule has 0 saturated heterocycles. The lowest BCUT2D eigenvalue weighted by atomic mass is 9.97. The van der Waals surface area contributed by atoms with Crippen LogP contribution < -0.4 is 10.6 Å². The third kappa shape index (κ3) is 6.06. The van der Waals surface area contributed by atoms with Crippen molar-refractivity contribution in [2.45, 2.75) is 26.3 Å². The molecule has 1 unspecified atom stereocenters. The number of aliphatic imine (C=N–C) groups is 1. The summed E-state index contributed by atoms with van der Waals surface area (Å²) in [6.45, 7) is 3.80. The molecule has 1 aromatic carbocycles. The number of halogens is 1. The van der Waals surface area contributed by atoms with Crippen LogP contribution in [0.1, 0.15) is 24.6 Å². The minimum Gasteiger partial charge on any atom is -0.356 e. The van der Waals surface area contributed by atoms with Gasteiger partial charge in [0, 0.05) is 24.3 Å². The molecule has 0 fully saturated rings. The molecule has 0 aliphatic rings. The molecule has 6 heteroatoms. The molecular weight excluding hydrogens is 354 g/mol. The molecule has 124 valence electrons. The Morgan fingerprint density at radius 2 is 2.22 bits per heavy atom. The van der Waals surface area contributed by atoms with E-state index in [0.29, 0.717) is 12.5 Å². The molecular formula is C17H24BrN5. The summed E-state index contributed by atoms with van der Waals surface area (Å²) >= 11 is 3.53. The summed E-state index contributed by atoms with van der Waals surface area (Å²) < 4.78 is 1.13. The monoisotopic (exact) mass is 377 g/mol. The van der Waals surface area contributed by atoms with Gasteiger partial charge in [0.25, 0.3) is 0 Å². The third-order valence-corrected chi connectivity index (χ3v) is 4.27. The maximum Gasteiger partial charge on any atom is 0.191 e. The highest BCUT2D eigenvalue weighted by Crippen LogP contribution is 2.16. The Kier molecular flexibility index (Phi) is 7.13. The van der Waals surface area contributed by atoms with Crippen molar-refractivity contribution in [2.75, 3.05) is 13.6 Å². The largest absolute Gasteiger partial charge is 0.356 e. The second-order valence-electron chi connectivity index (χ2n) is 5.50. The Bertz CT molecular complexity index is 609. The van der Waals surface area contributed by atoms with E-state index >= 15 is 0 Å². The van der Waals surface area contributed by atoms with Crippen molar-refractivity contribution < 1.29 is 0 Å². The van der Waals surface area contributed by atoms with Gasteiger partial charge in [0.2, 0.25) is 0 Å². The maximum atomic E-state index is 4.27. The minimum absolute atomic E-state index is 0.565. The van der Waals surface area contributed by atoms with Gasteiger partial charge in [-0.3, -0.25) is 10.1 Å². The van der Waals surface area contributed by atoms with Crippen LogP contribution in [0.5, 0.6) is 0 Å². The number of aromatic nitrogens is 2. The first kappa shape index (κ1) is 17.5. The summed E-state index contributed by atoms with van der Waals surface area (Å²) in [5.41, 5.74) is 2.39. The first-order valence-electron chi connectivity index (χ1n) is 7.88. The van der Waals surface area contributed by atoms with Gasteiger partial charge in [-0.25, -0.2) is 0 Å². The van der Waals surface area contributed by atoms with Gasteiger partial charge >= 0.3 is 0 Å². The number of rotatable bonds is 7. The lowest BCUT2D eigenvalue weighted by Crippen LogP contribution is -2.39. The van der Waals surface area contributed by atoms with Crippen molar-refractivity contribution in [3.05, 3.63) is 52.3 Å². The van der Waals surface area contributed by atoms with Crippen LogP contribution >= 0.6 is 15.9 Å². The van der Waals surface area contributed by atoms with Crippen LogP contribution in [0.25, 0.3) is 0 Å². The quantitative estimate of drug-likeness (QED) is 0.512. The molecule has 0 aliphatic carbocycles. The highest BCUT2D eigenvalue weighted by Gasteiger charge is 2.09. The summed E-state index contributed by atoms with van der Waals surface area (Å²) in [5, 5.41) is 13.6. The number of benzene rings is 1. The predicted molar refractivity (Wildman–Crippen MR) is 98.4 cm³/mol. The van der Waals surface area contributed by atoms with Crippen LogP contribution in [0, 0.1) is 5.92 Å². The standard InChI is InChI=1S/C17H24BrN5/c1-3-13(9-14-5-4-6-15(18)10-14)11-20-17(19-2)21-12-16-7-8-22-23-16/h4-8,10,13H,3,9,11-12H2,1-2H3,(H,22,23)(H2,19,20,21). The van der Waals surface area contributed by atoms with Crippen LogP contribution in [0.2, 0.25) is 0 Å². The molecule has 0 radical (unpaired) electrons. The van der Waals surface area contributed by atoms with E-state index in [4.69, 9.17) is 0 Å². The van der Waals surface area contributed by atoms with Gasteiger partial charge < -0.3 is 10.6 Å².